The fourth-order valence-corrected chi connectivity index (χ4v) is 4.07. The molecule has 0 saturated carbocycles. The van der Waals surface area contributed by atoms with Crippen molar-refractivity contribution in [1.82, 2.24) is 14.3 Å². The number of hydrogen-bond acceptors (Lipinski definition) is 4. The maximum atomic E-state index is 13.6. The molecule has 0 radical (unpaired) electrons. The molecule has 0 amide bonds. The number of methoxy groups -OCH3 is 1. The van der Waals surface area contributed by atoms with Crippen LogP contribution in [0.3, 0.4) is 0 Å². The molecule has 2 aromatic heterocycles. The Labute approximate surface area is 191 Å². The van der Waals surface area contributed by atoms with Crippen LogP contribution in [0.15, 0.2) is 77.6 Å². The molecule has 5 rings (SSSR count). The van der Waals surface area contributed by atoms with Crippen LogP contribution in [-0.4, -0.2) is 21.5 Å². The molecule has 9 heteroatoms. The monoisotopic (exact) mass is 464 g/mol. The van der Waals surface area contributed by atoms with Gasteiger partial charge in [0.05, 0.1) is 30.4 Å². The Hall–Kier alpha value is -4.27. The lowest BCUT2D eigenvalue weighted by atomic mass is 10.1. The Balaban J connectivity index is 1.74. The molecule has 5 aromatic rings. The molecule has 172 valence electrons. The zero-order valence-electron chi connectivity index (χ0n) is 18.0. The summed E-state index contributed by atoms with van der Waals surface area (Å²) in [7, 11) is 1.58. The Morgan fingerprint density at radius 3 is 2.44 bits per heavy atom. The van der Waals surface area contributed by atoms with Crippen molar-refractivity contribution < 1.29 is 17.9 Å². The molecule has 0 atom stereocenters. The second-order valence-electron chi connectivity index (χ2n) is 7.83. The maximum Gasteiger partial charge on any atom is 0.416 e. The van der Waals surface area contributed by atoms with E-state index >= 15 is 0 Å². The van der Waals surface area contributed by atoms with Crippen molar-refractivity contribution in [2.24, 2.45) is 0 Å². The van der Waals surface area contributed by atoms with Crippen LogP contribution in [-0.2, 0) is 12.7 Å². The van der Waals surface area contributed by atoms with Gasteiger partial charge in [-0.25, -0.2) is 4.68 Å². The number of rotatable bonds is 4. The summed E-state index contributed by atoms with van der Waals surface area (Å²) >= 11 is 0. The molecule has 2 N–H and O–H groups in total. The number of fused-ring (bicyclic) bond motifs is 3. The van der Waals surface area contributed by atoms with Gasteiger partial charge in [-0.2, -0.15) is 18.3 Å². The van der Waals surface area contributed by atoms with E-state index in [4.69, 9.17) is 10.5 Å². The summed E-state index contributed by atoms with van der Waals surface area (Å²) in [5.41, 5.74) is 7.08. The van der Waals surface area contributed by atoms with E-state index in [9.17, 15) is 18.0 Å². The highest BCUT2D eigenvalue weighted by molar-refractivity contribution is 6.07. The smallest absolute Gasteiger partial charge is 0.416 e. The molecule has 3 aromatic carbocycles. The van der Waals surface area contributed by atoms with Crippen molar-refractivity contribution in [2.45, 2.75) is 12.7 Å². The van der Waals surface area contributed by atoms with Crippen LogP contribution in [0.1, 0.15) is 11.1 Å². The third-order valence-corrected chi connectivity index (χ3v) is 5.75. The van der Waals surface area contributed by atoms with Gasteiger partial charge >= 0.3 is 6.18 Å². The van der Waals surface area contributed by atoms with E-state index in [1.54, 1.807) is 29.9 Å². The van der Waals surface area contributed by atoms with Gasteiger partial charge in [0.2, 0.25) is 0 Å². The van der Waals surface area contributed by atoms with Crippen molar-refractivity contribution in [3.63, 3.8) is 0 Å². The van der Waals surface area contributed by atoms with Crippen LogP contribution >= 0.6 is 0 Å². The molecule has 2 heterocycles. The van der Waals surface area contributed by atoms with E-state index in [2.05, 4.69) is 5.10 Å². The van der Waals surface area contributed by atoms with Gasteiger partial charge in [-0.3, -0.25) is 4.79 Å². The van der Waals surface area contributed by atoms with E-state index in [-0.39, 0.29) is 29.0 Å². The van der Waals surface area contributed by atoms with Gasteiger partial charge in [-0.05, 0) is 42.0 Å². The summed E-state index contributed by atoms with van der Waals surface area (Å²) in [6, 6.07) is 19.3. The second kappa shape index (κ2) is 7.95. The fourth-order valence-electron chi connectivity index (χ4n) is 4.07. The zero-order valence-corrected chi connectivity index (χ0v) is 18.0. The molecule has 34 heavy (non-hydrogen) atoms. The maximum absolute atomic E-state index is 13.6. The first-order valence-corrected chi connectivity index (χ1v) is 10.4. The third kappa shape index (κ3) is 3.55. The number of pyridine rings is 1. The largest absolute Gasteiger partial charge is 0.497 e. The third-order valence-electron chi connectivity index (χ3n) is 5.75. The zero-order chi connectivity index (χ0) is 24.0. The number of benzene rings is 3. The number of nitrogen functional groups attached to an aromatic ring is 1. The van der Waals surface area contributed by atoms with Gasteiger partial charge in [0.1, 0.15) is 22.5 Å². The number of nitrogens with two attached hydrogens (primary N) is 1. The average Bonchev–Trinajstić information content (AvgIpc) is 3.19. The number of aromatic nitrogens is 3. The van der Waals surface area contributed by atoms with E-state index in [0.29, 0.717) is 22.2 Å². The SMILES string of the molecule is COc1ccc(Cn2c(=O)c3c(N)n(-c4cccc(C(F)(F)F)c4)nc3c3ccccc32)cc1. The Bertz CT molecular complexity index is 1580. The lowest BCUT2D eigenvalue weighted by Gasteiger charge is -2.11. The summed E-state index contributed by atoms with van der Waals surface area (Å²) < 4.78 is 47.7. The van der Waals surface area contributed by atoms with Crippen LogP contribution < -0.4 is 16.0 Å². The van der Waals surface area contributed by atoms with E-state index in [0.717, 1.165) is 17.7 Å². The molecule has 0 unspecified atom stereocenters. The molecule has 0 bridgehead atoms. The molecular weight excluding hydrogens is 445 g/mol. The van der Waals surface area contributed by atoms with Crippen molar-refractivity contribution >= 4 is 27.6 Å². The van der Waals surface area contributed by atoms with Crippen molar-refractivity contribution in [3.8, 4) is 11.4 Å². The average molecular weight is 464 g/mol. The minimum atomic E-state index is -4.52. The lowest BCUT2D eigenvalue weighted by Crippen LogP contribution is -2.22. The number of anilines is 1. The molecule has 0 aliphatic heterocycles. The van der Waals surface area contributed by atoms with Crippen molar-refractivity contribution in [3.05, 3.63) is 94.3 Å². The second-order valence-corrected chi connectivity index (χ2v) is 7.83. The lowest BCUT2D eigenvalue weighted by molar-refractivity contribution is -0.137. The molecule has 0 saturated heterocycles. The highest BCUT2D eigenvalue weighted by Crippen LogP contribution is 2.32. The molecule has 0 aliphatic carbocycles. The van der Waals surface area contributed by atoms with Crippen molar-refractivity contribution in [2.75, 3.05) is 12.8 Å². The quantitative estimate of drug-likeness (QED) is 0.406. The predicted octanol–water partition coefficient (Wildman–Crippen LogP) is 5.00. The number of ether oxygens (including phenoxy) is 1. The van der Waals surface area contributed by atoms with Crippen LogP contribution in [0.2, 0.25) is 0 Å². The number of para-hydroxylation sites is 1. The first-order valence-electron chi connectivity index (χ1n) is 10.4. The van der Waals surface area contributed by atoms with E-state index in [1.807, 2.05) is 30.3 Å². The van der Waals surface area contributed by atoms with Crippen LogP contribution in [0.25, 0.3) is 27.5 Å². The normalized spacial score (nSPS) is 11.9. The molecule has 6 nitrogen and oxygen atoms in total. The first kappa shape index (κ1) is 21.6. The molecular formula is C25H19F3N4O2. The fraction of sp³-hybridized carbons (Fsp3) is 0.120. The Morgan fingerprint density at radius 1 is 1.00 bits per heavy atom. The topological polar surface area (TPSA) is 75.1 Å². The van der Waals surface area contributed by atoms with E-state index in [1.165, 1.54) is 16.8 Å². The molecule has 0 aliphatic rings. The summed E-state index contributed by atoms with van der Waals surface area (Å²) in [6.45, 7) is 0.271. The Kier molecular flexibility index (Phi) is 5.04. The number of alkyl halides is 3. The number of hydrogen-bond donors (Lipinski definition) is 1. The van der Waals surface area contributed by atoms with Crippen LogP contribution in [0, 0.1) is 0 Å². The van der Waals surface area contributed by atoms with Gasteiger partial charge in [0, 0.05) is 5.39 Å². The minimum absolute atomic E-state index is 0.0199. The predicted molar refractivity (Wildman–Crippen MR) is 124 cm³/mol. The van der Waals surface area contributed by atoms with Gasteiger partial charge in [-0.15, -0.1) is 0 Å². The molecule has 0 spiro atoms. The van der Waals surface area contributed by atoms with Crippen molar-refractivity contribution in [1.29, 1.82) is 0 Å². The van der Waals surface area contributed by atoms with Crippen LogP contribution in [0.4, 0.5) is 19.0 Å². The first-order chi connectivity index (χ1) is 16.3. The van der Waals surface area contributed by atoms with Gasteiger partial charge < -0.3 is 15.0 Å². The van der Waals surface area contributed by atoms with Gasteiger partial charge in [0.15, 0.2) is 0 Å². The van der Waals surface area contributed by atoms with E-state index < -0.39 is 11.7 Å². The standard InChI is InChI=1S/C25H19F3N4O2/c1-34-18-11-9-15(10-12-18)14-31-20-8-3-2-7-19(20)22-21(24(31)33)23(29)32(30-22)17-6-4-5-16(13-17)25(26,27)28/h2-13H,14,29H2,1H3. The molecule has 0 fully saturated rings. The summed E-state index contributed by atoms with van der Waals surface area (Å²) in [5, 5.41) is 5.29. The number of halogens is 3. The van der Waals surface area contributed by atoms with Crippen LogP contribution in [0.5, 0.6) is 5.75 Å². The highest BCUT2D eigenvalue weighted by atomic mass is 19.4. The summed E-state index contributed by atoms with van der Waals surface area (Å²) in [5.74, 6) is 0.677. The minimum Gasteiger partial charge on any atom is -0.497 e. The number of nitrogens with zero attached hydrogens (tertiary/aromatic N) is 3. The Morgan fingerprint density at radius 2 is 1.74 bits per heavy atom. The summed E-state index contributed by atoms with van der Waals surface area (Å²) in [4.78, 5) is 13.6. The highest BCUT2D eigenvalue weighted by Gasteiger charge is 2.31. The van der Waals surface area contributed by atoms with Gasteiger partial charge in [-0.1, -0.05) is 36.4 Å². The van der Waals surface area contributed by atoms with Gasteiger partial charge in [0.25, 0.3) is 5.56 Å². The summed E-state index contributed by atoms with van der Waals surface area (Å²) in [6.07, 6.45) is -4.52.